The van der Waals surface area contributed by atoms with Crippen LogP contribution in [-0.4, -0.2) is 51.3 Å². The number of aromatic nitrogens is 2. The summed E-state index contributed by atoms with van der Waals surface area (Å²) in [7, 11) is 0. The Labute approximate surface area is 228 Å². The second-order valence-electron chi connectivity index (χ2n) is 9.29. The monoisotopic (exact) mass is 532 g/mol. The number of benzene rings is 2. The van der Waals surface area contributed by atoms with Crippen LogP contribution >= 0.6 is 0 Å². The molecule has 0 saturated heterocycles. The van der Waals surface area contributed by atoms with E-state index in [4.69, 9.17) is 15.9 Å². The minimum atomic E-state index is -0.696. The number of phenols is 1. The molecule has 1 atom stereocenters. The fourth-order valence-corrected chi connectivity index (χ4v) is 4.11. The molecule has 1 heterocycles. The predicted molar refractivity (Wildman–Crippen MR) is 152 cm³/mol. The van der Waals surface area contributed by atoms with Gasteiger partial charge in [-0.1, -0.05) is 26.3 Å². The van der Waals surface area contributed by atoms with Crippen molar-refractivity contribution in [3.8, 4) is 11.5 Å². The number of unbranched alkanes of at least 4 members (excludes halogenated alkanes) is 1. The number of hydrogen-bond donors (Lipinski definition) is 4. The van der Waals surface area contributed by atoms with Gasteiger partial charge in [0.1, 0.15) is 17.5 Å². The molecule has 3 aromatic rings. The third kappa shape index (κ3) is 7.10. The van der Waals surface area contributed by atoms with Crippen LogP contribution in [0.1, 0.15) is 83.8 Å². The number of nitrogens with two attached hydrogens (primary N) is 1. The molecule has 2 amide bonds. The van der Waals surface area contributed by atoms with Crippen molar-refractivity contribution in [1.29, 1.82) is 5.41 Å². The molecule has 0 aliphatic heterocycles. The van der Waals surface area contributed by atoms with E-state index in [1.165, 1.54) is 6.07 Å². The number of hydrogen-bond acceptors (Lipinski definition) is 8. The van der Waals surface area contributed by atoms with Crippen LogP contribution in [0.4, 0.5) is 11.4 Å². The highest BCUT2D eigenvalue weighted by molar-refractivity contribution is 6.03. The van der Waals surface area contributed by atoms with Gasteiger partial charge in [0.05, 0.1) is 5.56 Å². The summed E-state index contributed by atoms with van der Waals surface area (Å²) in [4.78, 5) is 27.7. The summed E-state index contributed by atoms with van der Waals surface area (Å²) in [6.45, 7) is 9.00. The van der Waals surface area contributed by atoms with Crippen LogP contribution in [0, 0.1) is 12.3 Å². The Morgan fingerprint density at radius 1 is 1.13 bits per heavy atom. The van der Waals surface area contributed by atoms with Crippen LogP contribution in [0.25, 0.3) is 0 Å². The number of nitrogen functional groups attached to an aromatic ring is 1. The Morgan fingerprint density at radius 2 is 1.85 bits per heavy atom. The van der Waals surface area contributed by atoms with Gasteiger partial charge in [-0.2, -0.15) is 0 Å². The summed E-state index contributed by atoms with van der Waals surface area (Å²) in [6, 6.07) is 11.5. The fraction of sp³-hybridized carbons (Fsp3) is 0.345. The molecule has 10 nitrogen and oxygen atoms in total. The highest BCUT2D eigenvalue weighted by Crippen LogP contribution is 2.35. The molecule has 1 unspecified atom stereocenters. The summed E-state index contributed by atoms with van der Waals surface area (Å²) < 4.78 is 5.98. The van der Waals surface area contributed by atoms with Crippen molar-refractivity contribution in [2.75, 3.05) is 24.1 Å². The number of aromatic hydroxyl groups is 1. The number of carbonyl (C=O) groups excluding carboxylic acids is 2. The summed E-state index contributed by atoms with van der Waals surface area (Å²) in [5, 5.41) is 28.8. The van der Waals surface area contributed by atoms with E-state index in [1.54, 1.807) is 50.2 Å². The molecule has 0 aliphatic carbocycles. The molecule has 0 bridgehead atoms. The number of ether oxygens (including phenoxy) is 1. The van der Waals surface area contributed by atoms with Crippen LogP contribution < -0.4 is 15.8 Å². The van der Waals surface area contributed by atoms with Crippen molar-refractivity contribution >= 4 is 29.4 Å². The number of carbonyl (C=O) groups is 2. The average Bonchev–Trinajstić information content (AvgIpc) is 2.93. The van der Waals surface area contributed by atoms with E-state index < -0.39 is 12.0 Å². The second kappa shape index (κ2) is 13.4. The summed E-state index contributed by atoms with van der Waals surface area (Å²) in [5.74, 6) is -0.414. The Bertz CT molecular complexity index is 1330. The van der Waals surface area contributed by atoms with Crippen molar-refractivity contribution in [2.24, 2.45) is 0 Å². The first-order valence-electron chi connectivity index (χ1n) is 13.0. The van der Waals surface area contributed by atoms with Crippen molar-refractivity contribution in [3.63, 3.8) is 0 Å². The highest BCUT2D eigenvalue weighted by Gasteiger charge is 2.21. The number of amides is 2. The van der Waals surface area contributed by atoms with E-state index in [2.05, 4.69) is 22.4 Å². The summed E-state index contributed by atoms with van der Waals surface area (Å²) in [5.41, 5.74) is 8.58. The zero-order valence-electron chi connectivity index (χ0n) is 22.8. The first kappa shape index (κ1) is 29.1. The van der Waals surface area contributed by atoms with Crippen LogP contribution in [0.15, 0.2) is 42.5 Å². The van der Waals surface area contributed by atoms with Gasteiger partial charge in [-0.15, -0.1) is 10.2 Å². The van der Waals surface area contributed by atoms with E-state index in [0.29, 0.717) is 41.2 Å². The number of anilines is 2. The zero-order chi connectivity index (χ0) is 28.5. The Balaban J connectivity index is 1.76. The molecule has 0 radical (unpaired) electrons. The van der Waals surface area contributed by atoms with Crippen LogP contribution in [0.2, 0.25) is 0 Å². The quantitative estimate of drug-likeness (QED) is 0.186. The lowest BCUT2D eigenvalue weighted by atomic mass is 10.0. The minimum absolute atomic E-state index is 0.0176. The Hall–Kier alpha value is -4.47. The van der Waals surface area contributed by atoms with Crippen molar-refractivity contribution in [3.05, 3.63) is 70.5 Å². The molecule has 0 saturated carbocycles. The third-order valence-corrected chi connectivity index (χ3v) is 6.27. The van der Waals surface area contributed by atoms with Crippen LogP contribution in [-0.2, 0) is 0 Å². The van der Waals surface area contributed by atoms with Gasteiger partial charge in [-0.25, -0.2) is 0 Å². The van der Waals surface area contributed by atoms with Crippen molar-refractivity contribution in [2.45, 2.75) is 53.1 Å². The number of rotatable bonds is 12. The molecular weight excluding hydrogens is 496 g/mol. The molecule has 39 heavy (non-hydrogen) atoms. The van der Waals surface area contributed by atoms with E-state index in [-0.39, 0.29) is 28.8 Å². The predicted octanol–water partition coefficient (Wildman–Crippen LogP) is 5.12. The molecule has 2 aromatic carbocycles. The summed E-state index contributed by atoms with van der Waals surface area (Å²) in [6.07, 6.45) is 3.11. The largest absolute Gasteiger partial charge is 0.507 e. The van der Waals surface area contributed by atoms with E-state index in [1.807, 2.05) is 11.8 Å². The van der Waals surface area contributed by atoms with Crippen molar-refractivity contribution in [1.82, 2.24) is 15.1 Å². The van der Waals surface area contributed by atoms with Gasteiger partial charge in [0.2, 0.25) is 0 Å². The molecule has 5 N–H and O–H groups in total. The number of aryl methyl sites for hydroxylation is 1. The fourth-order valence-electron chi connectivity index (χ4n) is 4.11. The molecule has 0 spiro atoms. The molecule has 0 aliphatic rings. The van der Waals surface area contributed by atoms with Gasteiger partial charge in [-0.3, -0.25) is 9.59 Å². The molecule has 3 rings (SSSR count). The van der Waals surface area contributed by atoms with Gasteiger partial charge < -0.3 is 31.2 Å². The van der Waals surface area contributed by atoms with Crippen LogP contribution in [0.5, 0.6) is 11.5 Å². The lowest BCUT2D eigenvalue weighted by molar-refractivity contribution is 0.0753. The maximum absolute atomic E-state index is 12.9. The normalized spacial score (nSPS) is 11.5. The van der Waals surface area contributed by atoms with Gasteiger partial charge in [-0.05, 0) is 62.6 Å². The van der Waals surface area contributed by atoms with Crippen LogP contribution in [0.3, 0.4) is 0 Å². The lowest BCUT2D eigenvalue weighted by Crippen LogP contribution is -2.32. The smallest absolute Gasteiger partial charge is 0.276 e. The maximum atomic E-state index is 12.9. The second-order valence-corrected chi connectivity index (χ2v) is 9.29. The van der Waals surface area contributed by atoms with Gasteiger partial charge >= 0.3 is 0 Å². The Morgan fingerprint density at radius 3 is 2.49 bits per heavy atom. The standard InChI is InChI=1S/C29H36N6O4/c1-5-7-15-35(14-6-2)29(38)20-9-11-21(12-10-20)32-28(37)23-16-25(24(17-30)34-33-23)39-19(4)26-22(31)13-8-18(3)27(26)36/h8-13,16-17,19,30,36H,5-7,14-15,31H2,1-4H3,(H,32,37). The first-order valence-corrected chi connectivity index (χ1v) is 13.0. The van der Waals surface area contributed by atoms with Gasteiger partial charge in [0, 0.05) is 42.3 Å². The molecule has 206 valence electrons. The Kier molecular flexibility index (Phi) is 9.97. The molecule has 1 aromatic heterocycles. The average molecular weight is 533 g/mol. The number of phenolic OH excluding ortho intramolecular Hbond substituents is 1. The molecule has 0 fully saturated rings. The zero-order valence-corrected chi connectivity index (χ0v) is 22.8. The highest BCUT2D eigenvalue weighted by atomic mass is 16.5. The minimum Gasteiger partial charge on any atom is -0.507 e. The van der Waals surface area contributed by atoms with Gasteiger partial charge in [0.25, 0.3) is 11.8 Å². The molecule has 10 heteroatoms. The SMILES string of the molecule is CCCCN(CCC)C(=O)c1ccc(NC(=O)c2cc(OC(C)c3c(N)ccc(C)c3O)c(C=N)nn2)cc1. The van der Waals surface area contributed by atoms with E-state index >= 15 is 0 Å². The number of nitrogens with zero attached hydrogens (tertiary/aromatic N) is 3. The molecular formula is C29H36N6O4. The van der Waals surface area contributed by atoms with Crippen molar-refractivity contribution < 1.29 is 19.4 Å². The lowest BCUT2D eigenvalue weighted by Gasteiger charge is -2.22. The third-order valence-electron chi connectivity index (χ3n) is 6.27. The van der Waals surface area contributed by atoms with Gasteiger partial charge in [0.15, 0.2) is 11.4 Å². The topological polar surface area (TPSA) is 155 Å². The first-order chi connectivity index (χ1) is 18.7. The number of nitrogens with one attached hydrogen (secondary N) is 2. The van der Waals surface area contributed by atoms with E-state index in [0.717, 1.165) is 25.5 Å². The summed E-state index contributed by atoms with van der Waals surface area (Å²) >= 11 is 0. The van der Waals surface area contributed by atoms with E-state index in [9.17, 15) is 14.7 Å². The maximum Gasteiger partial charge on any atom is 0.276 e.